The molecule has 0 aromatic carbocycles. The van der Waals surface area contributed by atoms with Crippen molar-refractivity contribution in [1.29, 1.82) is 0 Å². The van der Waals surface area contributed by atoms with E-state index in [2.05, 4.69) is 174 Å². The van der Waals surface area contributed by atoms with Gasteiger partial charge in [-0.2, -0.15) is 0 Å². The molecule has 0 aromatic heterocycles. The van der Waals surface area contributed by atoms with E-state index in [1.54, 1.807) is 0 Å². The number of hydrogen-bond donors (Lipinski definition) is 3. The highest BCUT2D eigenvalue weighted by atomic mass is 31.2. The summed E-state index contributed by atoms with van der Waals surface area (Å²) in [4.78, 5) is 73.1. The number of carbonyl (C=O) groups excluding carboxylic acids is 4. The molecule has 0 bridgehead atoms. The topological polar surface area (TPSA) is 237 Å². The minimum Gasteiger partial charge on any atom is -0.462 e. The monoisotopic (exact) mass is 1520 g/mol. The fourth-order valence-corrected chi connectivity index (χ4v) is 11.8. The summed E-state index contributed by atoms with van der Waals surface area (Å²) in [5.74, 6) is -2.32. The van der Waals surface area contributed by atoms with Gasteiger partial charge in [0.2, 0.25) is 0 Å². The van der Waals surface area contributed by atoms with E-state index in [1.807, 2.05) is 12.2 Å². The summed E-state index contributed by atoms with van der Waals surface area (Å²) in [6.45, 7) is 4.55. The van der Waals surface area contributed by atoms with Gasteiger partial charge < -0.3 is 33.8 Å². The van der Waals surface area contributed by atoms with E-state index in [0.29, 0.717) is 32.1 Å². The maximum absolute atomic E-state index is 13.1. The van der Waals surface area contributed by atoms with Crippen LogP contribution in [0.15, 0.2) is 158 Å². The van der Waals surface area contributed by atoms with E-state index < -0.39 is 97.5 Å². The lowest BCUT2D eigenvalue weighted by molar-refractivity contribution is -0.161. The van der Waals surface area contributed by atoms with E-state index >= 15 is 0 Å². The van der Waals surface area contributed by atoms with Crippen molar-refractivity contribution < 1.29 is 80.2 Å². The van der Waals surface area contributed by atoms with Crippen molar-refractivity contribution in [3.63, 3.8) is 0 Å². The molecule has 0 aliphatic heterocycles. The molecule has 2 unspecified atom stereocenters. The fraction of sp³-hybridized carbons (Fsp3) is 0.655. The van der Waals surface area contributed by atoms with Gasteiger partial charge in [-0.25, -0.2) is 9.13 Å². The second-order valence-electron chi connectivity index (χ2n) is 26.6. The van der Waals surface area contributed by atoms with Gasteiger partial charge in [0, 0.05) is 25.7 Å². The third-order valence-corrected chi connectivity index (χ3v) is 18.3. The number of allylic oxidation sites excluding steroid dienone is 26. The average molecular weight is 1520 g/mol. The zero-order valence-corrected chi connectivity index (χ0v) is 67.8. The van der Waals surface area contributed by atoms with E-state index in [9.17, 15) is 43.2 Å². The van der Waals surface area contributed by atoms with Crippen LogP contribution in [0.5, 0.6) is 0 Å². The quantitative estimate of drug-likeness (QED) is 0.0169. The van der Waals surface area contributed by atoms with Gasteiger partial charge in [-0.15, -0.1) is 0 Å². The second kappa shape index (κ2) is 77.8. The van der Waals surface area contributed by atoms with E-state index in [4.69, 9.17) is 37.0 Å². The first-order valence-corrected chi connectivity index (χ1v) is 43.7. The van der Waals surface area contributed by atoms with Crippen molar-refractivity contribution in [1.82, 2.24) is 0 Å². The number of aliphatic hydroxyl groups is 1. The molecule has 0 radical (unpaired) electrons. The van der Waals surface area contributed by atoms with Crippen molar-refractivity contribution >= 4 is 39.5 Å². The molecule has 0 amide bonds. The molecule has 0 rings (SSSR count). The van der Waals surface area contributed by atoms with Gasteiger partial charge in [0.1, 0.15) is 19.3 Å². The molecule has 0 aromatic rings. The zero-order valence-electron chi connectivity index (χ0n) is 66.1. The zero-order chi connectivity index (χ0) is 77.4. The standard InChI is InChI=1S/C87H144O17P2/c1-5-9-13-17-21-25-29-33-37-39-40-42-46-50-54-58-62-66-70-74-87(92)104-83(78-98-85(90)72-68-64-60-56-52-48-44-36-32-28-24-20-16-12-8-4)80-102-106(95,96)100-76-81(88)75-99-105(93,94)101-79-82(77-97-84(89)71-67-63-59-55-51-47-43-35-31-27-23-19-15-11-7-3)103-86(91)73-69-65-61-57-53-49-45-41-38-34-30-26-22-18-14-10-6-2/h9,13,21-28,33-38,40,42-45,49-50,54,57,61,81-83,88H,5-8,10-12,14-20,29-32,39,41,46-48,51-53,55-56,58-60,62-80H2,1-4H3,(H,93,94)(H,95,96)/b13-9-,25-21-,26-22-,27-23-,28-24-,37-33-,38-34-,42-40-,43-35-,44-36-,49-45-,54-50-,61-57-/t81-,82+,83+/m0/s1. The van der Waals surface area contributed by atoms with Crippen LogP contribution >= 0.6 is 15.6 Å². The maximum Gasteiger partial charge on any atom is 0.472 e. The molecule has 604 valence electrons. The van der Waals surface area contributed by atoms with Crippen LogP contribution in [0.4, 0.5) is 0 Å². The van der Waals surface area contributed by atoms with Gasteiger partial charge in [0.25, 0.3) is 0 Å². The molecule has 17 nitrogen and oxygen atoms in total. The first kappa shape index (κ1) is 101. The van der Waals surface area contributed by atoms with Gasteiger partial charge in [-0.1, -0.05) is 269 Å². The molecule has 0 fully saturated rings. The Balaban J connectivity index is 5.49. The Morgan fingerprint density at radius 3 is 0.802 bits per heavy atom. The number of phosphoric acid groups is 2. The van der Waals surface area contributed by atoms with E-state index in [1.165, 1.54) is 57.8 Å². The normalized spacial score (nSPS) is 14.7. The molecule has 0 saturated heterocycles. The summed E-state index contributed by atoms with van der Waals surface area (Å²) in [6, 6.07) is 0. The van der Waals surface area contributed by atoms with Crippen LogP contribution in [0, 0.1) is 0 Å². The van der Waals surface area contributed by atoms with Crippen LogP contribution in [-0.2, 0) is 65.4 Å². The van der Waals surface area contributed by atoms with Crippen molar-refractivity contribution in [3.8, 4) is 0 Å². The molecule has 0 aliphatic carbocycles. The summed E-state index contributed by atoms with van der Waals surface area (Å²) in [5, 5.41) is 10.7. The predicted molar refractivity (Wildman–Crippen MR) is 436 cm³/mol. The first-order valence-electron chi connectivity index (χ1n) is 40.7. The lowest BCUT2D eigenvalue weighted by Crippen LogP contribution is -2.30. The number of aliphatic hydroxyl groups excluding tert-OH is 1. The SMILES string of the molecule is CC/C=C\C/C=C\C/C=C\C/C=C\C/C=C\CCCCCC(=O)O[C@H](COC(=O)CCCCCCC/C=C\C/C=C\CCCCC)COP(=O)(O)OC[C@@H](O)COP(=O)(O)OC[C@@H](COC(=O)CCCCCCC/C=C\C/C=C\CCCCC)OC(=O)CCC/C=C\C/C=C\C/C=C\C/C=C\CCCCC. The van der Waals surface area contributed by atoms with Gasteiger partial charge in [0.15, 0.2) is 12.2 Å². The fourth-order valence-electron chi connectivity index (χ4n) is 10.2. The number of unbranched alkanes of at least 4 members (excludes halogenated alkanes) is 23. The molecule has 0 saturated carbocycles. The number of esters is 4. The molecule has 0 heterocycles. The Labute approximate surface area is 642 Å². The summed E-state index contributed by atoms with van der Waals surface area (Å²) >= 11 is 0. The number of phosphoric ester groups is 2. The summed E-state index contributed by atoms with van der Waals surface area (Å²) in [6.07, 6.45) is 90.8. The third kappa shape index (κ3) is 76.9. The van der Waals surface area contributed by atoms with Crippen LogP contribution in [0.3, 0.4) is 0 Å². The van der Waals surface area contributed by atoms with Crippen molar-refractivity contribution in [3.05, 3.63) is 158 Å². The largest absolute Gasteiger partial charge is 0.472 e. The second-order valence-corrected chi connectivity index (χ2v) is 29.5. The van der Waals surface area contributed by atoms with Crippen LogP contribution in [0.1, 0.15) is 310 Å². The Hall–Kier alpha value is -5.32. The van der Waals surface area contributed by atoms with Crippen molar-refractivity contribution in [2.24, 2.45) is 0 Å². The highest BCUT2D eigenvalue weighted by Crippen LogP contribution is 2.45. The molecular weight excluding hydrogens is 1380 g/mol. The minimum absolute atomic E-state index is 0.0106. The van der Waals surface area contributed by atoms with Gasteiger partial charge in [-0.3, -0.25) is 37.3 Å². The Morgan fingerprint density at radius 2 is 0.500 bits per heavy atom. The van der Waals surface area contributed by atoms with E-state index in [0.717, 1.165) is 167 Å². The van der Waals surface area contributed by atoms with Crippen LogP contribution in [-0.4, -0.2) is 96.7 Å². The Kier molecular flexibility index (Phi) is 73.9. The molecule has 106 heavy (non-hydrogen) atoms. The predicted octanol–water partition coefficient (Wildman–Crippen LogP) is 24.0. The minimum atomic E-state index is -5.01. The van der Waals surface area contributed by atoms with E-state index in [-0.39, 0.29) is 25.7 Å². The third-order valence-electron chi connectivity index (χ3n) is 16.4. The van der Waals surface area contributed by atoms with Crippen LogP contribution in [0.2, 0.25) is 0 Å². The van der Waals surface area contributed by atoms with Crippen LogP contribution < -0.4 is 0 Å². The van der Waals surface area contributed by atoms with Crippen molar-refractivity contribution in [2.75, 3.05) is 39.6 Å². The smallest absolute Gasteiger partial charge is 0.462 e. The Bertz CT molecular complexity index is 2630. The molecular formula is C87H144O17P2. The van der Waals surface area contributed by atoms with Gasteiger partial charge in [-0.05, 0) is 173 Å². The summed E-state index contributed by atoms with van der Waals surface area (Å²) < 4.78 is 68.6. The van der Waals surface area contributed by atoms with Crippen LogP contribution in [0.25, 0.3) is 0 Å². The highest BCUT2D eigenvalue weighted by molar-refractivity contribution is 7.47. The molecule has 5 atom stereocenters. The first-order chi connectivity index (χ1) is 51.7. The summed E-state index contributed by atoms with van der Waals surface area (Å²) in [5.41, 5.74) is 0. The molecule has 0 aliphatic rings. The summed E-state index contributed by atoms with van der Waals surface area (Å²) in [7, 11) is -10.0. The highest BCUT2D eigenvalue weighted by Gasteiger charge is 2.30. The lowest BCUT2D eigenvalue weighted by atomic mass is 10.1. The number of rotatable bonds is 75. The van der Waals surface area contributed by atoms with Gasteiger partial charge in [0.05, 0.1) is 26.4 Å². The number of ether oxygens (including phenoxy) is 4. The lowest BCUT2D eigenvalue weighted by Gasteiger charge is -2.21. The number of carbonyl (C=O) groups is 4. The molecule has 0 spiro atoms. The molecule has 3 N–H and O–H groups in total. The van der Waals surface area contributed by atoms with Gasteiger partial charge >= 0.3 is 39.5 Å². The van der Waals surface area contributed by atoms with Crippen molar-refractivity contribution in [2.45, 2.75) is 329 Å². The average Bonchev–Trinajstić information content (AvgIpc) is 0.906. The molecule has 19 heteroatoms. The Morgan fingerprint density at radius 1 is 0.274 bits per heavy atom. The maximum atomic E-state index is 13.1. The number of hydrogen-bond acceptors (Lipinski definition) is 15.